The van der Waals surface area contributed by atoms with Gasteiger partial charge in [-0.1, -0.05) is 41.7 Å². The minimum atomic E-state index is -0.0969. The van der Waals surface area contributed by atoms with E-state index in [1.807, 2.05) is 79.7 Å². The Morgan fingerprint density at radius 3 is 2.55 bits per heavy atom. The van der Waals surface area contributed by atoms with E-state index < -0.39 is 0 Å². The summed E-state index contributed by atoms with van der Waals surface area (Å²) in [6.45, 7) is 2.78. The molecule has 0 bridgehead atoms. The zero-order valence-corrected chi connectivity index (χ0v) is 19.1. The van der Waals surface area contributed by atoms with Crippen molar-refractivity contribution in [2.24, 2.45) is 0 Å². The predicted octanol–water partition coefficient (Wildman–Crippen LogP) is 4.23. The van der Waals surface area contributed by atoms with Crippen LogP contribution >= 0.6 is 11.3 Å². The Labute approximate surface area is 194 Å². The topological polar surface area (TPSA) is 62.1 Å². The quantitative estimate of drug-likeness (QED) is 0.342. The van der Waals surface area contributed by atoms with Gasteiger partial charge < -0.3 is 14.2 Å². The van der Waals surface area contributed by atoms with Crippen molar-refractivity contribution in [3.8, 4) is 17.2 Å². The van der Waals surface area contributed by atoms with E-state index in [9.17, 15) is 4.79 Å². The van der Waals surface area contributed by atoms with Crippen molar-refractivity contribution in [2.45, 2.75) is 6.92 Å². The molecule has 5 rings (SSSR count). The van der Waals surface area contributed by atoms with Crippen molar-refractivity contribution < 1.29 is 14.2 Å². The molecule has 0 aliphatic heterocycles. The lowest BCUT2D eigenvalue weighted by molar-refractivity contribution is 0.216. The van der Waals surface area contributed by atoms with Crippen LogP contribution in [0.1, 0.15) is 11.1 Å². The summed E-state index contributed by atoms with van der Waals surface area (Å²) in [5, 5.41) is 0. The fourth-order valence-electron chi connectivity index (χ4n) is 3.67. The lowest BCUT2D eigenvalue weighted by Crippen LogP contribution is -2.22. The number of methoxy groups -OCH3 is 1. The third-order valence-electron chi connectivity index (χ3n) is 5.34. The molecule has 0 aliphatic carbocycles. The number of imidazole rings is 1. The molecule has 0 aliphatic rings. The van der Waals surface area contributed by atoms with Gasteiger partial charge in [-0.15, -0.1) is 0 Å². The summed E-state index contributed by atoms with van der Waals surface area (Å²) in [5.41, 5.74) is 3.36. The maximum Gasteiger partial charge on any atom is 0.274 e. The highest BCUT2D eigenvalue weighted by atomic mass is 32.1. The lowest BCUT2D eigenvalue weighted by Gasteiger charge is -2.12. The maximum absolute atomic E-state index is 13.1. The summed E-state index contributed by atoms with van der Waals surface area (Å²) in [5.74, 6) is 2.18. The van der Waals surface area contributed by atoms with E-state index in [1.54, 1.807) is 11.5 Å². The van der Waals surface area contributed by atoms with Crippen LogP contribution in [0.25, 0.3) is 22.1 Å². The van der Waals surface area contributed by atoms with E-state index >= 15 is 0 Å². The van der Waals surface area contributed by atoms with Crippen LogP contribution in [0.2, 0.25) is 0 Å². The number of fused-ring (bicyclic) bond motifs is 3. The Morgan fingerprint density at radius 1 is 0.970 bits per heavy atom. The summed E-state index contributed by atoms with van der Waals surface area (Å²) < 4.78 is 19.5. The minimum absolute atomic E-state index is 0.0969. The van der Waals surface area contributed by atoms with Crippen LogP contribution in [0.3, 0.4) is 0 Å². The zero-order chi connectivity index (χ0) is 22.8. The van der Waals surface area contributed by atoms with Crippen LogP contribution in [0.5, 0.6) is 17.2 Å². The number of rotatable bonds is 7. The number of thiazole rings is 1. The monoisotopic (exact) mass is 458 g/mol. The normalized spacial score (nSPS) is 11.9. The largest absolute Gasteiger partial charge is 0.497 e. The highest BCUT2D eigenvalue weighted by Gasteiger charge is 2.12. The number of aryl methyl sites for hydroxylation is 1. The molecule has 0 saturated heterocycles. The van der Waals surface area contributed by atoms with Gasteiger partial charge in [-0.3, -0.25) is 4.79 Å². The summed E-state index contributed by atoms with van der Waals surface area (Å²) in [7, 11) is 1.61. The van der Waals surface area contributed by atoms with Gasteiger partial charge in [0.25, 0.3) is 5.56 Å². The molecule has 0 radical (unpaired) electrons. The van der Waals surface area contributed by atoms with Crippen molar-refractivity contribution in [2.75, 3.05) is 20.3 Å². The standard InChI is InChI=1S/C26H22N2O4S/c1-17-7-3-6-10-22(17)31-13-14-32-23-12-11-19(30-2)15-18(23)16-24-25(29)28-21-9-5-4-8-20(21)27-26(28)33-24/h3-12,15-16H,13-14H2,1-2H3. The Balaban J connectivity index is 1.44. The van der Waals surface area contributed by atoms with E-state index in [0.717, 1.165) is 27.9 Å². The Hall–Kier alpha value is -3.84. The Bertz CT molecular complexity index is 1550. The molecule has 2 heterocycles. The van der Waals surface area contributed by atoms with E-state index in [4.69, 9.17) is 14.2 Å². The van der Waals surface area contributed by atoms with Crippen LogP contribution in [0, 0.1) is 6.92 Å². The van der Waals surface area contributed by atoms with Crippen molar-refractivity contribution in [1.29, 1.82) is 0 Å². The van der Waals surface area contributed by atoms with Gasteiger partial charge in [0.2, 0.25) is 0 Å². The van der Waals surface area contributed by atoms with Crippen LogP contribution in [0.4, 0.5) is 0 Å². The molecule has 0 saturated carbocycles. The van der Waals surface area contributed by atoms with Gasteiger partial charge >= 0.3 is 0 Å². The molecule has 0 spiro atoms. The molecule has 5 aromatic rings. The molecule has 166 valence electrons. The smallest absolute Gasteiger partial charge is 0.274 e. The predicted molar refractivity (Wildman–Crippen MR) is 131 cm³/mol. The molecular weight excluding hydrogens is 436 g/mol. The molecule has 33 heavy (non-hydrogen) atoms. The maximum atomic E-state index is 13.1. The summed E-state index contributed by atoms with van der Waals surface area (Å²) in [6.07, 6.45) is 1.83. The van der Waals surface area contributed by atoms with Crippen LogP contribution < -0.4 is 24.3 Å². The molecular formula is C26H22N2O4S. The van der Waals surface area contributed by atoms with Crippen LogP contribution in [-0.2, 0) is 0 Å². The van der Waals surface area contributed by atoms with Gasteiger partial charge in [-0.05, 0) is 55.0 Å². The first kappa shape index (κ1) is 21.0. The van der Waals surface area contributed by atoms with Crippen LogP contribution in [-0.4, -0.2) is 29.7 Å². The average Bonchev–Trinajstić information content (AvgIpc) is 3.34. The van der Waals surface area contributed by atoms with E-state index in [-0.39, 0.29) is 5.56 Å². The van der Waals surface area contributed by atoms with Gasteiger partial charge in [0.05, 0.1) is 22.7 Å². The SMILES string of the molecule is COc1ccc(OCCOc2ccccc2C)c(C=c2sc3nc4ccccc4n3c2=O)c1. The van der Waals surface area contributed by atoms with Gasteiger partial charge in [-0.2, -0.15) is 0 Å². The number of hydrogen-bond acceptors (Lipinski definition) is 6. The van der Waals surface area contributed by atoms with Crippen LogP contribution in [0.15, 0.2) is 71.5 Å². The van der Waals surface area contributed by atoms with E-state index in [2.05, 4.69) is 4.98 Å². The van der Waals surface area contributed by atoms with E-state index in [1.165, 1.54) is 11.3 Å². The fraction of sp³-hybridized carbons (Fsp3) is 0.154. The second kappa shape index (κ2) is 8.96. The second-order valence-corrected chi connectivity index (χ2v) is 8.51. The molecule has 2 aromatic heterocycles. The highest BCUT2D eigenvalue weighted by molar-refractivity contribution is 7.15. The summed E-state index contributed by atoms with van der Waals surface area (Å²) >= 11 is 1.36. The number of benzene rings is 3. The Kier molecular flexibility index (Phi) is 5.71. The summed E-state index contributed by atoms with van der Waals surface area (Å²) in [6, 6.07) is 21.0. The van der Waals surface area contributed by atoms with Gasteiger partial charge in [0.15, 0.2) is 4.96 Å². The summed E-state index contributed by atoms with van der Waals surface area (Å²) in [4.78, 5) is 18.4. The molecule has 0 atom stereocenters. The molecule has 0 unspecified atom stereocenters. The third-order valence-corrected chi connectivity index (χ3v) is 6.31. The number of ether oxygens (including phenoxy) is 3. The minimum Gasteiger partial charge on any atom is -0.497 e. The van der Waals surface area contributed by atoms with Crippen molar-refractivity contribution in [3.05, 3.63) is 92.7 Å². The lowest BCUT2D eigenvalue weighted by atomic mass is 10.2. The molecule has 6 nitrogen and oxygen atoms in total. The first-order valence-corrected chi connectivity index (χ1v) is 11.4. The third kappa shape index (κ3) is 4.15. The van der Waals surface area contributed by atoms with Crippen molar-refractivity contribution in [3.63, 3.8) is 0 Å². The molecule has 0 amide bonds. The first-order valence-electron chi connectivity index (χ1n) is 10.5. The Morgan fingerprint density at radius 2 is 1.73 bits per heavy atom. The molecule has 7 heteroatoms. The molecule has 0 fully saturated rings. The number of para-hydroxylation sites is 3. The average molecular weight is 459 g/mol. The van der Waals surface area contributed by atoms with Crippen molar-refractivity contribution in [1.82, 2.24) is 9.38 Å². The zero-order valence-electron chi connectivity index (χ0n) is 18.3. The van der Waals surface area contributed by atoms with Gasteiger partial charge in [-0.25, -0.2) is 9.38 Å². The van der Waals surface area contributed by atoms with Crippen molar-refractivity contribution >= 4 is 33.4 Å². The number of nitrogens with zero attached hydrogens (tertiary/aromatic N) is 2. The van der Waals surface area contributed by atoms with Gasteiger partial charge in [0.1, 0.15) is 30.5 Å². The van der Waals surface area contributed by atoms with Gasteiger partial charge in [0, 0.05) is 5.56 Å². The highest BCUT2D eigenvalue weighted by Crippen LogP contribution is 2.25. The van der Waals surface area contributed by atoms with E-state index in [0.29, 0.717) is 34.2 Å². The number of aromatic nitrogens is 2. The first-order chi connectivity index (χ1) is 16.1. The fourth-order valence-corrected chi connectivity index (χ4v) is 4.65. The molecule has 3 aromatic carbocycles. The molecule has 0 N–H and O–H groups in total. The second-order valence-electron chi connectivity index (χ2n) is 7.50. The number of hydrogen-bond donors (Lipinski definition) is 0.